The Morgan fingerprint density at radius 1 is 0.855 bits per heavy atom. The Bertz CT molecular complexity index is 1490. The number of esters is 1. The summed E-state index contributed by atoms with van der Waals surface area (Å²) in [6.07, 6.45) is 6.42. The number of allylic oxidation sites excluding steroid dienone is 1. The number of carbonyl (C=O) groups is 5. The van der Waals surface area contributed by atoms with Crippen LogP contribution >= 0.6 is 7.60 Å². The maximum Gasteiger partial charge on any atom is 0.408 e. The zero-order valence-corrected chi connectivity index (χ0v) is 34.9. The van der Waals surface area contributed by atoms with Crippen molar-refractivity contribution in [2.24, 2.45) is 5.41 Å². The molecule has 1 aliphatic carbocycles. The molecular formula is C39H63N4O11P. The van der Waals surface area contributed by atoms with E-state index in [1.54, 1.807) is 51.1 Å². The van der Waals surface area contributed by atoms with E-state index in [1.807, 2.05) is 20.8 Å². The third-order valence-corrected chi connectivity index (χ3v) is 11.0. The largest absolute Gasteiger partial charge is 0.488 e. The van der Waals surface area contributed by atoms with Crippen molar-refractivity contribution in [2.75, 3.05) is 27.9 Å². The van der Waals surface area contributed by atoms with Crippen molar-refractivity contribution < 1.29 is 51.8 Å². The fourth-order valence-electron chi connectivity index (χ4n) is 6.25. The van der Waals surface area contributed by atoms with Crippen molar-refractivity contribution in [3.05, 3.63) is 42.5 Å². The summed E-state index contributed by atoms with van der Waals surface area (Å²) in [6.45, 7) is 14.4. The highest BCUT2D eigenvalue weighted by Crippen LogP contribution is 2.50. The second kappa shape index (κ2) is 21.4. The molecule has 0 heterocycles. The molecule has 0 radical (unpaired) electrons. The number of amides is 4. The number of alkyl carbamates (subject to hydrolysis) is 1. The number of rotatable bonds is 21. The van der Waals surface area contributed by atoms with Crippen LogP contribution in [0.3, 0.4) is 0 Å². The van der Waals surface area contributed by atoms with Crippen molar-refractivity contribution in [2.45, 2.75) is 135 Å². The van der Waals surface area contributed by atoms with Crippen LogP contribution in [0.5, 0.6) is 5.75 Å². The highest BCUT2D eigenvalue weighted by molar-refractivity contribution is 7.55. The minimum atomic E-state index is -4.31. The average molecular weight is 795 g/mol. The van der Waals surface area contributed by atoms with E-state index in [0.717, 1.165) is 39.9 Å². The summed E-state index contributed by atoms with van der Waals surface area (Å²) in [5, 5.41) is 10.6. The quantitative estimate of drug-likeness (QED) is 0.0516. The van der Waals surface area contributed by atoms with Gasteiger partial charge in [0.25, 0.3) is 5.91 Å². The summed E-state index contributed by atoms with van der Waals surface area (Å²) in [5.41, 5.74) is -1.54. The lowest BCUT2D eigenvalue weighted by Crippen LogP contribution is -2.55. The first-order valence-corrected chi connectivity index (χ1v) is 20.4. The molecule has 16 heteroatoms. The average Bonchev–Trinajstić information content (AvgIpc) is 3.60. The summed E-state index contributed by atoms with van der Waals surface area (Å²) in [5.74, 6) is -3.81. The molecule has 15 nitrogen and oxygen atoms in total. The summed E-state index contributed by atoms with van der Waals surface area (Å²) in [6, 6.07) is 4.85. The van der Waals surface area contributed by atoms with Gasteiger partial charge in [-0.1, -0.05) is 37.5 Å². The molecule has 1 aliphatic rings. The topological polar surface area (TPSA) is 197 Å². The van der Waals surface area contributed by atoms with Gasteiger partial charge in [0.2, 0.25) is 17.6 Å². The summed E-state index contributed by atoms with van der Waals surface area (Å²) in [7, 11) is -0.867. The van der Waals surface area contributed by atoms with Crippen LogP contribution < -0.4 is 26.0 Å². The van der Waals surface area contributed by atoms with E-state index in [2.05, 4.69) is 27.8 Å². The third kappa shape index (κ3) is 15.6. The molecule has 4 amide bonds. The molecule has 1 aromatic rings. The van der Waals surface area contributed by atoms with E-state index in [4.69, 9.17) is 23.3 Å². The number of hydrogen-bond acceptors (Lipinski definition) is 11. The lowest BCUT2D eigenvalue weighted by Gasteiger charge is -2.31. The number of nitrogens with one attached hydrogen (secondary N) is 4. The van der Waals surface area contributed by atoms with Crippen LogP contribution in [0, 0.1) is 5.41 Å². The normalized spacial score (nSPS) is 15.8. The first-order chi connectivity index (χ1) is 25.7. The minimum Gasteiger partial charge on any atom is -0.488 e. The van der Waals surface area contributed by atoms with Crippen LogP contribution in [0.4, 0.5) is 4.79 Å². The van der Waals surface area contributed by atoms with Gasteiger partial charge in [0.1, 0.15) is 29.0 Å². The van der Waals surface area contributed by atoms with E-state index < -0.39 is 66.0 Å². The number of methoxy groups -OCH3 is 1. The van der Waals surface area contributed by atoms with Gasteiger partial charge < -0.3 is 44.5 Å². The highest BCUT2D eigenvalue weighted by atomic mass is 31.2. The number of benzene rings is 1. The van der Waals surface area contributed by atoms with Gasteiger partial charge in [0.05, 0.1) is 12.5 Å². The molecule has 0 bridgehead atoms. The SMILES string of the molecule is C=CCCCC[C@H](NC(=O)C1(CCNC(=O)[C@@H](NC(=O)[C@H](Cc2ccc(OC(C)(C)C)cc2)NC(=O)OC(C)(C)C)P(=O)(OC)OC)CCCC1)C(=O)OC. The van der Waals surface area contributed by atoms with E-state index in [0.29, 0.717) is 37.0 Å². The highest BCUT2D eigenvalue weighted by Gasteiger charge is 2.45. The number of ether oxygens (including phenoxy) is 3. The van der Waals surface area contributed by atoms with Crippen LogP contribution in [0.25, 0.3) is 0 Å². The van der Waals surface area contributed by atoms with E-state index >= 15 is 0 Å². The predicted octanol–water partition coefficient (Wildman–Crippen LogP) is 5.70. The van der Waals surface area contributed by atoms with Gasteiger partial charge in [-0.05, 0) is 97.8 Å². The first kappa shape index (κ1) is 47.2. The Labute approximate surface area is 326 Å². The fourth-order valence-corrected chi connectivity index (χ4v) is 7.49. The molecule has 0 aromatic heterocycles. The molecule has 0 unspecified atom stereocenters. The smallest absolute Gasteiger partial charge is 0.408 e. The van der Waals surface area contributed by atoms with Gasteiger partial charge in [0.15, 0.2) is 0 Å². The molecule has 1 fully saturated rings. The molecule has 1 aromatic carbocycles. The van der Waals surface area contributed by atoms with Gasteiger partial charge in [-0.25, -0.2) is 9.59 Å². The van der Waals surface area contributed by atoms with Crippen molar-refractivity contribution >= 4 is 37.4 Å². The van der Waals surface area contributed by atoms with Crippen LogP contribution in [-0.4, -0.2) is 86.7 Å². The molecule has 55 heavy (non-hydrogen) atoms. The molecule has 3 atom stereocenters. The van der Waals surface area contributed by atoms with E-state index in [1.165, 1.54) is 7.11 Å². The fraction of sp³-hybridized carbons (Fsp3) is 0.667. The molecule has 310 valence electrons. The molecular weight excluding hydrogens is 731 g/mol. The maximum atomic E-state index is 13.9. The molecule has 2 rings (SSSR count). The number of hydrogen-bond donors (Lipinski definition) is 4. The first-order valence-electron chi connectivity index (χ1n) is 18.8. The van der Waals surface area contributed by atoms with Crippen LogP contribution in [-0.2, 0) is 48.7 Å². The lowest BCUT2D eigenvalue weighted by molar-refractivity contribution is -0.147. The van der Waals surface area contributed by atoms with Gasteiger partial charge in [-0.3, -0.25) is 18.9 Å². The van der Waals surface area contributed by atoms with Crippen molar-refractivity contribution in [3.63, 3.8) is 0 Å². The monoisotopic (exact) mass is 794 g/mol. The minimum absolute atomic E-state index is 0.0298. The maximum absolute atomic E-state index is 13.9. The Kier molecular flexibility index (Phi) is 18.4. The molecule has 0 saturated heterocycles. The van der Waals surface area contributed by atoms with Crippen molar-refractivity contribution in [3.8, 4) is 5.75 Å². The summed E-state index contributed by atoms with van der Waals surface area (Å²) >= 11 is 0. The Hall–Kier alpha value is -3.94. The van der Waals surface area contributed by atoms with Gasteiger partial charge >= 0.3 is 19.7 Å². The number of unbranched alkanes of at least 4 members (excludes halogenated alkanes) is 2. The zero-order valence-electron chi connectivity index (χ0n) is 34.0. The lowest BCUT2D eigenvalue weighted by atomic mass is 9.81. The Morgan fingerprint density at radius 3 is 2.00 bits per heavy atom. The van der Waals surface area contributed by atoms with Gasteiger partial charge in [-0.15, -0.1) is 6.58 Å². The molecule has 0 spiro atoms. The zero-order chi connectivity index (χ0) is 41.5. The molecule has 1 saturated carbocycles. The second-order valence-corrected chi connectivity index (χ2v) is 18.1. The van der Waals surface area contributed by atoms with Gasteiger partial charge in [0, 0.05) is 27.2 Å². The predicted molar refractivity (Wildman–Crippen MR) is 208 cm³/mol. The van der Waals surface area contributed by atoms with Crippen molar-refractivity contribution in [1.29, 1.82) is 0 Å². The number of carbonyl (C=O) groups excluding carboxylic acids is 5. The van der Waals surface area contributed by atoms with Gasteiger partial charge in [-0.2, -0.15) is 0 Å². The Balaban J connectivity index is 2.28. The second-order valence-electron chi connectivity index (χ2n) is 15.7. The van der Waals surface area contributed by atoms with Crippen LogP contribution in [0.1, 0.15) is 105 Å². The van der Waals surface area contributed by atoms with Crippen LogP contribution in [0.15, 0.2) is 36.9 Å². The summed E-state index contributed by atoms with van der Waals surface area (Å²) in [4.78, 5) is 66.8. The standard InChI is InChI=1S/C39H63N4O11P/c1-11-12-13-14-17-29(34(46)50-8)41-35(47)39(22-15-16-23-39)24-25-40-32(45)33(55(49,51-9)52-10)43-31(44)30(42-36(48)54-38(5,6)7)26-27-18-20-28(21-19-27)53-37(2,3)4/h11,18-21,29-30,33H,1,12-17,22-26H2,2-10H3,(H,40,45)(H,41,47)(H,42,48)(H,43,44)/t29-,30-,33-/m0/s1. The van der Waals surface area contributed by atoms with E-state index in [9.17, 15) is 28.5 Å². The summed E-state index contributed by atoms with van der Waals surface area (Å²) < 4.78 is 40.3. The van der Waals surface area contributed by atoms with Crippen LogP contribution in [0.2, 0.25) is 0 Å². The molecule has 4 N–H and O–H groups in total. The van der Waals surface area contributed by atoms with Crippen molar-refractivity contribution in [1.82, 2.24) is 21.3 Å². The molecule has 0 aliphatic heterocycles. The van der Waals surface area contributed by atoms with E-state index in [-0.39, 0.29) is 25.3 Å². The third-order valence-electron chi connectivity index (χ3n) is 9.03. The Morgan fingerprint density at radius 2 is 1.47 bits per heavy atom.